The Kier molecular flexibility index (Phi) is 8.13. The van der Waals surface area contributed by atoms with Gasteiger partial charge in [0.25, 0.3) is 0 Å². The van der Waals surface area contributed by atoms with E-state index in [9.17, 15) is 9.90 Å². The molecule has 2 aromatic carbocycles. The minimum absolute atomic E-state index is 0. The van der Waals surface area contributed by atoms with Crippen LogP contribution in [0.4, 0.5) is 0 Å². The zero-order valence-electron chi connectivity index (χ0n) is 14.5. The average molecular weight is 348 g/mol. The number of aryl methyl sites for hydroxylation is 2. The molecule has 0 aliphatic rings. The molecule has 2 atom stereocenters. The fourth-order valence-corrected chi connectivity index (χ4v) is 2.62. The second-order valence-corrected chi connectivity index (χ2v) is 6.21. The van der Waals surface area contributed by atoms with E-state index in [1.807, 2.05) is 74.6 Å². The number of hydrogen-bond acceptors (Lipinski definition) is 2. The Bertz CT molecular complexity index is 658. The minimum Gasteiger partial charge on any atom is -1.00 e. The molecular formula is C20H26ClNO2. The first-order chi connectivity index (χ1) is 11.0. The van der Waals surface area contributed by atoms with Crippen LogP contribution in [0, 0.1) is 13.8 Å². The summed E-state index contributed by atoms with van der Waals surface area (Å²) in [7, 11) is 0. The van der Waals surface area contributed by atoms with Gasteiger partial charge in [0, 0.05) is 5.56 Å². The molecule has 0 saturated carbocycles. The van der Waals surface area contributed by atoms with Crippen molar-refractivity contribution >= 4 is 5.78 Å². The molecule has 0 aliphatic carbocycles. The molecule has 2 unspecified atom stereocenters. The van der Waals surface area contributed by atoms with Gasteiger partial charge in [-0.1, -0.05) is 42.5 Å². The molecular weight excluding hydrogens is 322 g/mol. The van der Waals surface area contributed by atoms with Crippen LogP contribution in [0.3, 0.4) is 0 Å². The van der Waals surface area contributed by atoms with Crippen molar-refractivity contribution in [3.05, 3.63) is 70.8 Å². The van der Waals surface area contributed by atoms with Crippen molar-refractivity contribution in [1.82, 2.24) is 0 Å². The maximum absolute atomic E-state index is 12.2. The minimum atomic E-state index is -0.520. The molecule has 24 heavy (non-hydrogen) atoms. The zero-order valence-corrected chi connectivity index (χ0v) is 15.3. The van der Waals surface area contributed by atoms with E-state index in [0.717, 1.165) is 16.7 Å². The molecule has 0 saturated heterocycles. The van der Waals surface area contributed by atoms with Crippen molar-refractivity contribution in [2.24, 2.45) is 0 Å². The van der Waals surface area contributed by atoms with Gasteiger partial charge in [-0.2, -0.15) is 0 Å². The van der Waals surface area contributed by atoms with Crippen LogP contribution in [0.2, 0.25) is 0 Å². The van der Waals surface area contributed by atoms with E-state index < -0.39 is 6.10 Å². The Hall–Kier alpha value is -1.68. The van der Waals surface area contributed by atoms with Crippen LogP contribution >= 0.6 is 0 Å². The predicted octanol–water partition coefficient (Wildman–Crippen LogP) is -0.434. The summed E-state index contributed by atoms with van der Waals surface area (Å²) >= 11 is 0. The number of carbonyl (C=O) groups excluding carboxylic acids is 1. The second kappa shape index (κ2) is 9.58. The van der Waals surface area contributed by atoms with Gasteiger partial charge in [0.1, 0.15) is 12.1 Å². The van der Waals surface area contributed by atoms with Gasteiger partial charge in [0.2, 0.25) is 0 Å². The number of aliphatic hydroxyl groups excluding tert-OH is 1. The molecule has 4 heteroatoms. The number of ketones is 1. The van der Waals surface area contributed by atoms with E-state index in [1.54, 1.807) is 0 Å². The number of carbonyl (C=O) groups is 1. The van der Waals surface area contributed by atoms with Crippen LogP contribution in [0.1, 0.15) is 46.5 Å². The highest BCUT2D eigenvalue weighted by atomic mass is 35.5. The molecule has 0 fully saturated rings. The Morgan fingerprint density at radius 1 is 1.08 bits per heavy atom. The number of benzene rings is 2. The van der Waals surface area contributed by atoms with Crippen LogP contribution in [0.15, 0.2) is 48.5 Å². The SMILES string of the molecule is Cc1ccc(C(=O)CC[NH2+]C(C)C(O)c2ccccc2)cc1C.[Cl-]. The third-order valence-corrected chi connectivity index (χ3v) is 4.38. The zero-order chi connectivity index (χ0) is 16.8. The summed E-state index contributed by atoms with van der Waals surface area (Å²) < 4.78 is 0. The van der Waals surface area contributed by atoms with Gasteiger partial charge in [-0.05, 0) is 43.5 Å². The second-order valence-electron chi connectivity index (χ2n) is 6.21. The predicted molar refractivity (Wildman–Crippen MR) is 92.5 cm³/mol. The first-order valence-electron chi connectivity index (χ1n) is 8.16. The van der Waals surface area contributed by atoms with Crippen LogP contribution in [-0.4, -0.2) is 23.5 Å². The van der Waals surface area contributed by atoms with E-state index >= 15 is 0 Å². The van der Waals surface area contributed by atoms with Crippen molar-refractivity contribution in [1.29, 1.82) is 0 Å². The van der Waals surface area contributed by atoms with Crippen molar-refractivity contribution in [2.75, 3.05) is 6.54 Å². The molecule has 3 N–H and O–H groups in total. The largest absolute Gasteiger partial charge is 1.00 e. The molecule has 2 rings (SSSR count). The van der Waals surface area contributed by atoms with Crippen LogP contribution in [0.5, 0.6) is 0 Å². The molecule has 0 aliphatic heterocycles. The standard InChI is InChI=1S/C20H25NO2.ClH/c1-14-9-10-18(13-15(14)2)19(22)11-12-21-16(3)20(23)17-7-5-4-6-8-17;/h4-10,13,16,20-21,23H,11-12H2,1-3H3;1H. The monoisotopic (exact) mass is 347 g/mol. The summed E-state index contributed by atoms with van der Waals surface area (Å²) in [6, 6.07) is 15.5. The number of nitrogens with two attached hydrogens (primary N) is 1. The van der Waals surface area contributed by atoms with Gasteiger partial charge < -0.3 is 22.8 Å². The third kappa shape index (κ3) is 5.45. The maximum Gasteiger partial charge on any atom is 0.168 e. The Balaban J connectivity index is 0.00000288. The van der Waals surface area contributed by atoms with E-state index in [1.165, 1.54) is 5.56 Å². The Morgan fingerprint density at radius 2 is 1.75 bits per heavy atom. The average Bonchev–Trinajstić information content (AvgIpc) is 2.57. The lowest BCUT2D eigenvalue weighted by Gasteiger charge is -2.17. The van der Waals surface area contributed by atoms with Crippen molar-refractivity contribution < 1.29 is 27.6 Å². The van der Waals surface area contributed by atoms with Gasteiger partial charge in [-0.25, -0.2) is 0 Å². The smallest absolute Gasteiger partial charge is 0.168 e. The van der Waals surface area contributed by atoms with Crippen LogP contribution in [-0.2, 0) is 0 Å². The summed E-state index contributed by atoms with van der Waals surface area (Å²) in [4.78, 5) is 12.2. The third-order valence-electron chi connectivity index (χ3n) is 4.38. The van der Waals surface area contributed by atoms with Gasteiger partial charge in [-0.15, -0.1) is 0 Å². The summed E-state index contributed by atoms with van der Waals surface area (Å²) in [5.74, 6) is 0.158. The van der Waals surface area contributed by atoms with Crippen LogP contribution < -0.4 is 17.7 Å². The lowest BCUT2D eigenvalue weighted by atomic mass is 10.0. The Morgan fingerprint density at radius 3 is 2.38 bits per heavy atom. The van der Waals surface area contributed by atoms with E-state index in [4.69, 9.17) is 0 Å². The number of Topliss-reactive ketones (excluding diaryl/α,β-unsaturated/α-hetero) is 1. The van der Waals surface area contributed by atoms with Gasteiger partial charge in [-0.3, -0.25) is 4.79 Å². The van der Waals surface area contributed by atoms with E-state index in [-0.39, 0.29) is 24.2 Å². The normalized spacial score (nSPS) is 13.0. The van der Waals surface area contributed by atoms with Crippen LogP contribution in [0.25, 0.3) is 0 Å². The molecule has 0 amide bonds. The molecule has 2 aromatic rings. The summed E-state index contributed by atoms with van der Waals surface area (Å²) in [5, 5.41) is 12.4. The fourth-order valence-electron chi connectivity index (χ4n) is 2.62. The van der Waals surface area contributed by atoms with Gasteiger partial charge in [0.15, 0.2) is 5.78 Å². The highest BCUT2D eigenvalue weighted by Crippen LogP contribution is 2.14. The summed E-state index contributed by atoms with van der Waals surface area (Å²) in [6.07, 6.45) is -0.0399. The molecule has 0 aromatic heterocycles. The number of rotatable bonds is 7. The molecule has 0 heterocycles. The van der Waals surface area contributed by atoms with Crippen molar-refractivity contribution in [3.63, 3.8) is 0 Å². The number of hydrogen-bond donors (Lipinski definition) is 2. The van der Waals surface area contributed by atoms with Gasteiger partial charge in [0.05, 0.1) is 13.0 Å². The fraction of sp³-hybridized carbons (Fsp3) is 0.350. The van der Waals surface area contributed by atoms with E-state index in [2.05, 4.69) is 0 Å². The highest BCUT2D eigenvalue weighted by molar-refractivity contribution is 5.96. The first kappa shape index (κ1) is 20.4. The number of aliphatic hydroxyl groups is 1. The topological polar surface area (TPSA) is 53.9 Å². The van der Waals surface area contributed by atoms with E-state index in [0.29, 0.717) is 13.0 Å². The van der Waals surface area contributed by atoms with Gasteiger partial charge >= 0.3 is 0 Å². The summed E-state index contributed by atoms with van der Waals surface area (Å²) in [6.45, 7) is 6.73. The molecule has 130 valence electrons. The van der Waals surface area contributed by atoms with Crippen molar-refractivity contribution in [2.45, 2.75) is 39.3 Å². The molecule has 3 nitrogen and oxygen atoms in total. The summed E-state index contributed by atoms with van der Waals surface area (Å²) in [5.41, 5.74) is 4.04. The maximum atomic E-state index is 12.2. The molecule has 0 bridgehead atoms. The number of halogens is 1. The lowest BCUT2D eigenvalue weighted by molar-refractivity contribution is -0.693. The van der Waals surface area contributed by atoms with Crippen molar-refractivity contribution in [3.8, 4) is 0 Å². The molecule has 0 spiro atoms. The highest BCUT2D eigenvalue weighted by Gasteiger charge is 2.19. The lowest BCUT2D eigenvalue weighted by Crippen LogP contribution is -3.00. The Labute approximate surface area is 150 Å². The quantitative estimate of drug-likeness (QED) is 0.668. The first-order valence-corrected chi connectivity index (χ1v) is 8.16. The molecule has 0 radical (unpaired) electrons. The number of quaternary nitrogens is 1.